The number of aromatic amines is 1. The van der Waals surface area contributed by atoms with Gasteiger partial charge in [-0.3, -0.25) is 19.8 Å². The largest absolute Gasteiger partial charge is 0.353 e. The van der Waals surface area contributed by atoms with Crippen LogP contribution in [-0.2, 0) is 6.67 Å². The van der Waals surface area contributed by atoms with E-state index in [1.807, 2.05) is 4.90 Å². The number of rotatable bonds is 3. The number of likely N-dealkylation sites (tertiary alicyclic amines) is 1. The Hall–Kier alpha value is -1.96. The van der Waals surface area contributed by atoms with Gasteiger partial charge in [0.15, 0.2) is 0 Å². The Morgan fingerprint density at radius 2 is 1.89 bits per heavy atom. The van der Waals surface area contributed by atoms with Crippen molar-refractivity contribution in [2.24, 2.45) is 0 Å². The van der Waals surface area contributed by atoms with Gasteiger partial charge in [-0.05, 0) is 32.9 Å². The Kier molecular flexibility index (Phi) is 3.79. The molecule has 19 heavy (non-hydrogen) atoms. The van der Waals surface area contributed by atoms with E-state index in [2.05, 4.69) is 4.98 Å². The molecule has 2 heterocycles. The second kappa shape index (κ2) is 5.35. The fourth-order valence-corrected chi connectivity index (χ4v) is 2.31. The van der Waals surface area contributed by atoms with Crippen molar-refractivity contribution in [2.45, 2.75) is 32.9 Å². The van der Waals surface area contributed by atoms with E-state index in [4.69, 9.17) is 0 Å². The van der Waals surface area contributed by atoms with Gasteiger partial charge in [0.1, 0.15) is 5.69 Å². The molecular weight excluding hydrogens is 252 g/mol. The molecule has 0 radical (unpaired) electrons. The van der Waals surface area contributed by atoms with E-state index in [1.165, 1.54) is 6.92 Å². The number of aryl methyl sites for hydroxylation is 1. The van der Waals surface area contributed by atoms with Gasteiger partial charge in [-0.25, -0.2) is 9.36 Å². The Labute approximate surface area is 108 Å². The molecule has 0 amide bonds. The van der Waals surface area contributed by atoms with Crippen LogP contribution in [0.2, 0.25) is 0 Å². The first-order chi connectivity index (χ1) is 9.00. The molecule has 8 nitrogen and oxygen atoms in total. The van der Waals surface area contributed by atoms with Gasteiger partial charge in [-0.2, -0.15) is 0 Å². The Morgan fingerprint density at radius 1 is 1.26 bits per heavy atom. The fraction of sp³-hybridized carbons (Fsp3) is 0.636. The van der Waals surface area contributed by atoms with E-state index in [9.17, 15) is 19.7 Å². The number of piperidine rings is 1. The molecule has 2 rings (SSSR count). The van der Waals surface area contributed by atoms with E-state index in [1.54, 1.807) is 0 Å². The quantitative estimate of drug-likeness (QED) is 0.623. The summed E-state index contributed by atoms with van der Waals surface area (Å²) < 4.78 is 0.899. The highest BCUT2D eigenvalue weighted by molar-refractivity contribution is 5.30. The van der Waals surface area contributed by atoms with Gasteiger partial charge in [0.2, 0.25) is 0 Å². The van der Waals surface area contributed by atoms with Crippen LogP contribution in [0.1, 0.15) is 25.0 Å². The smallest absolute Gasteiger partial charge is 0.305 e. The highest BCUT2D eigenvalue weighted by Crippen LogP contribution is 2.10. The molecule has 0 aliphatic carbocycles. The molecular formula is C11H16N4O4. The Morgan fingerprint density at radius 3 is 2.47 bits per heavy atom. The molecule has 0 atom stereocenters. The summed E-state index contributed by atoms with van der Waals surface area (Å²) in [7, 11) is 0. The van der Waals surface area contributed by atoms with Crippen LogP contribution < -0.4 is 11.2 Å². The molecule has 0 unspecified atom stereocenters. The lowest BCUT2D eigenvalue weighted by atomic mass is 10.1. The van der Waals surface area contributed by atoms with Crippen LogP contribution in [0.25, 0.3) is 0 Å². The van der Waals surface area contributed by atoms with Gasteiger partial charge in [-0.15, -0.1) is 0 Å². The van der Waals surface area contributed by atoms with Gasteiger partial charge in [-0.1, -0.05) is 6.42 Å². The van der Waals surface area contributed by atoms with E-state index in [-0.39, 0.29) is 12.4 Å². The molecule has 0 spiro atoms. The second-order valence-electron chi connectivity index (χ2n) is 4.71. The second-order valence-corrected chi connectivity index (χ2v) is 4.71. The molecule has 1 saturated heterocycles. The average molecular weight is 268 g/mol. The third-order valence-electron chi connectivity index (χ3n) is 3.32. The van der Waals surface area contributed by atoms with Crippen molar-refractivity contribution in [3.05, 3.63) is 36.6 Å². The minimum absolute atomic E-state index is 0.00473. The number of nitro groups is 1. The third-order valence-corrected chi connectivity index (χ3v) is 3.32. The molecule has 8 heteroatoms. The summed E-state index contributed by atoms with van der Waals surface area (Å²) >= 11 is 0. The molecule has 104 valence electrons. The van der Waals surface area contributed by atoms with Crippen LogP contribution in [-0.4, -0.2) is 32.5 Å². The molecule has 1 aromatic heterocycles. The van der Waals surface area contributed by atoms with Gasteiger partial charge >= 0.3 is 16.9 Å². The van der Waals surface area contributed by atoms with E-state index in [0.29, 0.717) is 0 Å². The molecule has 1 aliphatic heterocycles. The summed E-state index contributed by atoms with van der Waals surface area (Å²) in [6.45, 7) is 3.06. The lowest BCUT2D eigenvalue weighted by Crippen LogP contribution is -2.43. The third kappa shape index (κ3) is 2.73. The molecule has 0 saturated carbocycles. The molecule has 1 fully saturated rings. The van der Waals surface area contributed by atoms with Crippen LogP contribution in [0.3, 0.4) is 0 Å². The highest BCUT2D eigenvalue weighted by Gasteiger charge is 2.22. The maximum absolute atomic E-state index is 12.0. The lowest BCUT2D eigenvalue weighted by Gasteiger charge is -2.26. The van der Waals surface area contributed by atoms with Crippen molar-refractivity contribution in [2.75, 3.05) is 13.1 Å². The van der Waals surface area contributed by atoms with Crippen molar-refractivity contribution < 1.29 is 4.92 Å². The summed E-state index contributed by atoms with van der Waals surface area (Å²) in [6, 6.07) is 0. The molecule has 1 N–H and O–H groups in total. The summed E-state index contributed by atoms with van der Waals surface area (Å²) in [5, 5.41) is 10.9. The highest BCUT2D eigenvalue weighted by atomic mass is 16.6. The maximum Gasteiger partial charge on any atom is 0.353 e. The minimum atomic E-state index is -0.836. The van der Waals surface area contributed by atoms with Crippen LogP contribution >= 0.6 is 0 Å². The average Bonchev–Trinajstić information content (AvgIpc) is 2.35. The number of hydrogen-bond donors (Lipinski definition) is 1. The summed E-state index contributed by atoms with van der Waals surface area (Å²) in [4.78, 5) is 38.2. The number of nitrogens with one attached hydrogen (secondary N) is 1. The maximum atomic E-state index is 12.0. The standard InChI is InChI=1S/C11H16N4O4/c1-8-9(15(18)19)10(16)14(11(17)12-8)7-13-5-3-2-4-6-13/h2-7H2,1H3,(H,12,17). The predicted octanol–water partition coefficient (Wildman–Crippen LogP) is 0.197. The van der Waals surface area contributed by atoms with Crippen molar-refractivity contribution in [3.63, 3.8) is 0 Å². The SMILES string of the molecule is Cc1[nH]c(=O)n(CN2CCCCC2)c(=O)c1[N+](=O)[O-]. The number of H-pyrrole nitrogens is 1. The normalized spacial score (nSPS) is 16.5. The van der Waals surface area contributed by atoms with Crippen molar-refractivity contribution in [1.82, 2.24) is 14.5 Å². The van der Waals surface area contributed by atoms with Crippen LogP contribution in [0, 0.1) is 17.0 Å². The van der Waals surface area contributed by atoms with Gasteiger partial charge in [0.25, 0.3) is 0 Å². The molecule has 1 aromatic rings. The summed E-state index contributed by atoms with van der Waals surface area (Å²) in [6.07, 6.45) is 3.16. The zero-order valence-corrected chi connectivity index (χ0v) is 10.7. The van der Waals surface area contributed by atoms with Gasteiger partial charge in [0, 0.05) is 0 Å². The molecule has 0 aromatic carbocycles. The summed E-state index contributed by atoms with van der Waals surface area (Å²) in [5.74, 6) is 0. The van der Waals surface area contributed by atoms with E-state index < -0.39 is 21.9 Å². The fourth-order valence-electron chi connectivity index (χ4n) is 2.31. The minimum Gasteiger partial charge on any atom is -0.305 e. The van der Waals surface area contributed by atoms with Crippen LogP contribution in [0.15, 0.2) is 9.59 Å². The lowest BCUT2D eigenvalue weighted by molar-refractivity contribution is -0.387. The first kappa shape index (κ1) is 13.5. The Balaban J connectivity index is 2.39. The number of nitrogens with zero attached hydrogens (tertiary/aromatic N) is 3. The van der Waals surface area contributed by atoms with E-state index in [0.717, 1.165) is 36.9 Å². The summed E-state index contributed by atoms with van der Waals surface area (Å²) in [5.41, 5.74) is -2.00. The van der Waals surface area contributed by atoms with Crippen LogP contribution in [0.4, 0.5) is 5.69 Å². The molecule has 0 bridgehead atoms. The number of hydrogen-bond acceptors (Lipinski definition) is 5. The number of aromatic nitrogens is 2. The van der Waals surface area contributed by atoms with Crippen molar-refractivity contribution in [1.29, 1.82) is 0 Å². The Bertz CT molecular complexity index is 598. The first-order valence-corrected chi connectivity index (χ1v) is 6.21. The zero-order valence-electron chi connectivity index (χ0n) is 10.7. The van der Waals surface area contributed by atoms with Gasteiger partial charge < -0.3 is 4.98 Å². The first-order valence-electron chi connectivity index (χ1n) is 6.21. The van der Waals surface area contributed by atoms with Crippen molar-refractivity contribution >= 4 is 5.69 Å². The topological polar surface area (TPSA) is 101 Å². The zero-order chi connectivity index (χ0) is 14.0. The predicted molar refractivity (Wildman–Crippen MR) is 68.1 cm³/mol. The van der Waals surface area contributed by atoms with Crippen molar-refractivity contribution in [3.8, 4) is 0 Å². The molecule has 1 aliphatic rings. The van der Waals surface area contributed by atoms with Gasteiger partial charge in [0.05, 0.1) is 11.6 Å². The van der Waals surface area contributed by atoms with E-state index >= 15 is 0 Å². The van der Waals surface area contributed by atoms with Crippen LogP contribution in [0.5, 0.6) is 0 Å². The monoisotopic (exact) mass is 268 g/mol.